The van der Waals surface area contributed by atoms with Gasteiger partial charge in [0.2, 0.25) is 0 Å². The van der Waals surface area contributed by atoms with Crippen LogP contribution < -0.4 is 5.56 Å². The van der Waals surface area contributed by atoms with Gasteiger partial charge in [-0.05, 0) is 50.2 Å². The molecule has 8 heteroatoms. The number of nitrogens with one attached hydrogen (secondary N) is 1. The van der Waals surface area contributed by atoms with Gasteiger partial charge in [0.1, 0.15) is 11.6 Å². The van der Waals surface area contributed by atoms with E-state index in [1.165, 1.54) is 17.8 Å². The van der Waals surface area contributed by atoms with Gasteiger partial charge >= 0.3 is 0 Å². The summed E-state index contributed by atoms with van der Waals surface area (Å²) in [6.07, 6.45) is 0. The van der Waals surface area contributed by atoms with Crippen molar-refractivity contribution >= 4 is 22.7 Å². The molecule has 0 aliphatic carbocycles. The highest BCUT2D eigenvalue weighted by Crippen LogP contribution is 2.36. The van der Waals surface area contributed by atoms with Gasteiger partial charge in [0.05, 0.1) is 21.7 Å². The first kappa shape index (κ1) is 21.1. The molecule has 0 fully saturated rings. The van der Waals surface area contributed by atoms with Crippen molar-refractivity contribution in [1.82, 2.24) is 24.7 Å². The fraction of sp³-hybridized carbons (Fsp3) is 0.120. The molecule has 0 amide bonds. The summed E-state index contributed by atoms with van der Waals surface area (Å²) in [5, 5.41) is 9.57. The summed E-state index contributed by atoms with van der Waals surface area (Å²) >= 11 is 1.40. The zero-order chi connectivity index (χ0) is 22.9. The maximum atomic E-state index is 14.6. The van der Waals surface area contributed by atoms with Crippen molar-refractivity contribution < 1.29 is 4.39 Å². The smallest absolute Gasteiger partial charge is 0.258 e. The van der Waals surface area contributed by atoms with Crippen LogP contribution in [0.4, 0.5) is 4.39 Å². The van der Waals surface area contributed by atoms with Gasteiger partial charge in [0, 0.05) is 5.69 Å². The topological polar surface area (TPSA) is 76.5 Å². The maximum absolute atomic E-state index is 14.6. The van der Waals surface area contributed by atoms with Gasteiger partial charge in [0.15, 0.2) is 11.0 Å². The van der Waals surface area contributed by atoms with E-state index in [4.69, 9.17) is 0 Å². The summed E-state index contributed by atoms with van der Waals surface area (Å²) in [6, 6.07) is 21.6. The molecule has 0 saturated heterocycles. The predicted molar refractivity (Wildman–Crippen MR) is 128 cm³/mol. The molecule has 5 rings (SSSR count). The SMILES string of the molecule is Cc1ccc(-n2c(SC(C)c3nc4ccccc4c(=O)[nH]3)nnc2-c2ccccc2F)cc1. The Bertz CT molecular complexity index is 1510. The number of hydrogen-bond donors (Lipinski definition) is 1. The quantitative estimate of drug-likeness (QED) is 0.354. The Morgan fingerprint density at radius 2 is 1.70 bits per heavy atom. The molecular formula is C25H20FN5OS. The van der Waals surface area contributed by atoms with Crippen LogP contribution in [0.1, 0.15) is 23.6 Å². The fourth-order valence-corrected chi connectivity index (χ4v) is 4.53. The predicted octanol–water partition coefficient (Wildman–Crippen LogP) is 5.47. The summed E-state index contributed by atoms with van der Waals surface area (Å²) < 4.78 is 16.5. The standard InChI is InChI=1S/C25H20FN5OS/c1-15-11-13-17(14-12-15)31-23(18-7-3-5-9-20(18)26)29-30-25(31)33-16(2)22-27-21-10-6-4-8-19(21)24(32)28-22/h3-14,16H,1-2H3,(H,27,28,32). The first-order valence-electron chi connectivity index (χ1n) is 10.4. The Morgan fingerprint density at radius 3 is 2.48 bits per heavy atom. The Kier molecular flexibility index (Phi) is 5.51. The van der Waals surface area contributed by atoms with Crippen molar-refractivity contribution in [3.8, 4) is 17.1 Å². The van der Waals surface area contributed by atoms with E-state index in [-0.39, 0.29) is 16.6 Å². The monoisotopic (exact) mass is 457 g/mol. The number of thioether (sulfide) groups is 1. The lowest BCUT2D eigenvalue weighted by atomic mass is 10.2. The number of fused-ring (bicyclic) bond motifs is 1. The van der Waals surface area contributed by atoms with E-state index in [0.29, 0.717) is 33.3 Å². The molecule has 1 N–H and O–H groups in total. The Hall–Kier alpha value is -3.78. The normalized spacial score (nSPS) is 12.2. The number of H-pyrrole nitrogens is 1. The molecule has 6 nitrogen and oxygen atoms in total. The maximum Gasteiger partial charge on any atom is 0.258 e. The molecule has 164 valence electrons. The van der Waals surface area contributed by atoms with E-state index in [0.717, 1.165) is 11.3 Å². The zero-order valence-electron chi connectivity index (χ0n) is 18.0. The molecule has 0 aliphatic rings. The zero-order valence-corrected chi connectivity index (χ0v) is 18.8. The van der Waals surface area contributed by atoms with E-state index in [1.807, 2.05) is 60.9 Å². The number of benzene rings is 3. The van der Waals surface area contributed by atoms with Crippen LogP contribution in [0.3, 0.4) is 0 Å². The molecule has 5 aromatic rings. The summed E-state index contributed by atoms with van der Waals surface area (Å²) in [5.41, 5.74) is 2.74. The molecule has 1 unspecified atom stereocenters. The number of aromatic amines is 1. The van der Waals surface area contributed by atoms with Crippen LogP contribution in [0, 0.1) is 12.7 Å². The lowest BCUT2D eigenvalue weighted by Crippen LogP contribution is -2.13. The Balaban J connectivity index is 1.59. The highest BCUT2D eigenvalue weighted by Gasteiger charge is 2.22. The number of hydrogen-bond acceptors (Lipinski definition) is 5. The fourth-order valence-electron chi connectivity index (χ4n) is 3.60. The van der Waals surface area contributed by atoms with Crippen molar-refractivity contribution in [2.45, 2.75) is 24.3 Å². The average Bonchev–Trinajstić information content (AvgIpc) is 3.23. The van der Waals surface area contributed by atoms with Crippen molar-refractivity contribution in [1.29, 1.82) is 0 Å². The number of para-hydroxylation sites is 1. The Morgan fingerprint density at radius 1 is 0.970 bits per heavy atom. The molecule has 0 aliphatic heterocycles. The Labute approximate surface area is 193 Å². The van der Waals surface area contributed by atoms with E-state index < -0.39 is 0 Å². The summed E-state index contributed by atoms with van der Waals surface area (Å²) in [5.74, 6) is 0.574. The van der Waals surface area contributed by atoms with Crippen LogP contribution in [0.25, 0.3) is 28.0 Å². The van der Waals surface area contributed by atoms with Crippen molar-refractivity contribution in [2.24, 2.45) is 0 Å². The molecule has 2 aromatic heterocycles. The number of aryl methyl sites for hydroxylation is 1. The minimum absolute atomic E-state index is 0.185. The second-order valence-electron chi connectivity index (χ2n) is 7.69. The van der Waals surface area contributed by atoms with Gasteiger partial charge in [0.25, 0.3) is 5.56 Å². The van der Waals surface area contributed by atoms with E-state index in [9.17, 15) is 9.18 Å². The van der Waals surface area contributed by atoms with Crippen LogP contribution in [-0.4, -0.2) is 24.7 Å². The highest BCUT2D eigenvalue weighted by atomic mass is 32.2. The third kappa shape index (κ3) is 4.05. The number of halogens is 1. The van der Waals surface area contributed by atoms with Crippen molar-refractivity contribution in [3.63, 3.8) is 0 Å². The van der Waals surface area contributed by atoms with E-state index >= 15 is 0 Å². The third-order valence-electron chi connectivity index (χ3n) is 5.34. The van der Waals surface area contributed by atoms with E-state index in [1.54, 1.807) is 24.3 Å². The lowest BCUT2D eigenvalue weighted by Gasteiger charge is -2.14. The third-order valence-corrected chi connectivity index (χ3v) is 6.39. The summed E-state index contributed by atoms with van der Waals surface area (Å²) in [4.78, 5) is 20.0. The molecular weight excluding hydrogens is 437 g/mol. The lowest BCUT2D eigenvalue weighted by molar-refractivity contribution is 0.629. The molecule has 1 atom stereocenters. The van der Waals surface area contributed by atoms with Gasteiger partial charge in [-0.25, -0.2) is 9.37 Å². The van der Waals surface area contributed by atoms with Crippen molar-refractivity contribution in [3.05, 3.63) is 100 Å². The first-order valence-corrected chi connectivity index (χ1v) is 11.3. The second kappa shape index (κ2) is 8.63. The number of aromatic nitrogens is 5. The van der Waals surface area contributed by atoms with Crippen LogP contribution in [0.15, 0.2) is 82.7 Å². The van der Waals surface area contributed by atoms with Crippen LogP contribution in [0.5, 0.6) is 0 Å². The minimum Gasteiger partial charge on any atom is -0.309 e. The second-order valence-corrected chi connectivity index (χ2v) is 8.99. The molecule has 0 saturated carbocycles. The van der Waals surface area contributed by atoms with Gasteiger partial charge in [-0.3, -0.25) is 9.36 Å². The van der Waals surface area contributed by atoms with Crippen LogP contribution in [0.2, 0.25) is 0 Å². The van der Waals surface area contributed by atoms with Gasteiger partial charge in [-0.2, -0.15) is 0 Å². The average molecular weight is 458 g/mol. The molecule has 2 heterocycles. The minimum atomic E-state index is -0.372. The summed E-state index contributed by atoms with van der Waals surface area (Å²) in [7, 11) is 0. The first-order chi connectivity index (χ1) is 16.0. The van der Waals surface area contributed by atoms with Crippen molar-refractivity contribution in [2.75, 3.05) is 0 Å². The molecule has 0 radical (unpaired) electrons. The molecule has 3 aromatic carbocycles. The molecule has 0 spiro atoms. The largest absolute Gasteiger partial charge is 0.309 e. The molecule has 33 heavy (non-hydrogen) atoms. The van der Waals surface area contributed by atoms with E-state index in [2.05, 4.69) is 20.2 Å². The van der Waals surface area contributed by atoms with Gasteiger partial charge in [-0.15, -0.1) is 10.2 Å². The summed E-state index contributed by atoms with van der Waals surface area (Å²) in [6.45, 7) is 3.95. The number of rotatable bonds is 5. The van der Waals surface area contributed by atoms with Gasteiger partial charge < -0.3 is 4.98 Å². The highest BCUT2D eigenvalue weighted by molar-refractivity contribution is 7.99. The van der Waals surface area contributed by atoms with Gasteiger partial charge in [-0.1, -0.05) is 53.7 Å². The van der Waals surface area contributed by atoms with Crippen LogP contribution in [-0.2, 0) is 0 Å². The number of nitrogens with zero attached hydrogens (tertiary/aromatic N) is 4. The molecule has 0 bridgehead atoms. The van der Waals surface area contributed by atoms with Crippen LogP contribution >= 0.6 is 11.8 Å².